The number of hydrogen-bond donors (Lipinski definition) is 2. The van der Waals surface area contributed by atoms with Crippen LogP contribution in [0.15, 0.2) is 46.0 Å². The number of anilines is 2. The van der Waals surface area contributed by atoms with Crippen LogP contribution >= 0.6 is 15.9 Å². The second kappa shape index (κ2) is 5.14. The zero-order valence-electron chi connectivity index (χ0n) is 9.47. The molecule has 0 aliphatic rings. The Bertz CT molecular complexity index is 722. The first-order valence-corrected chi connectivity index (χ1v) is 7.36. The van der Waals surface area contributed by atoms with Crippen molar-refractivity contribution in [3.8, 4) is 0 Å². The fraction of sp³-hybridized carbons (Fsp3) is 0. The van der Waals surface area contributed by atoms with Gasteiger partial charge in [0.2, 0.25) is 0 Å². The molecular weight excluding hydrogens is 337 g/mol. The lowest BCUT2D eigenvalue weighted by Gasteiger charge is -2.09. The van der Waals surface area contributed by atoms with Gasteiger partial charge in [-0.1, -0.05) is 0 Å². The Morgan fingerprint density at radius 1 is 1.32 bits per heavy atom. The normalized spacial score (nSPS) is 11.3. The van der Waals surface area contributed by atoms with Crippen LogP contribution in [0.4, 0.5) is 15.8 Å². The third-order valence-electron chi connectivity index (χ3n) is 2.28. The molecule has 2 aromatic rings. The van der Waals surface area contributed by atoms with Crippen molar-refractivity contribution in [3.05, 3.63) is 46.9 Å². The molecule has 0 saturated heterocycles. The fourth-order valence-corrected chi connectivity index (χ4v) is 2.94. The van der Waals surface area contributed by atoms with E-state index >= 15 is 0 Å². The Morgan fingerprint density at radius 3 is 2.68 bits per heavy atom. The van der Waals surface area contributed by atoms with Crippen molar-refractivity contribution >= 4 is 37.3 Å². The van der Waals surface area contributed by atoms with Gasteiger partial charge in [-0.15, -0.1) is 0 Å². The van der Waals surface area contributed by atoms with Crippen LogP contribution in [0.1, 0.15) is 0 Å². The number of pyridine rings is 1. The zero-order valence-corrected chi connectivity index (χ0v) is 11.9. The Labute approximate surface area is 117 Å². The quantitative estimate of drug-likeness (QED) is 0.660. The fourth-order valence-electron chi connectivity index (χ4n) is 1.35. The zero-order chi connectivity index (χ0) is 14.0. The smallest absolute Gasteiger partial charge is 0.262 e. The van der Waals surface area contributed by atoms with Crippen molar-refractivity contribution < 1.29 is 12.8 Å². The number of rotatable bonds is 3. The summed E-state index contributed by atoms with van der Waals surface area (Å²) in [4.78, 5) is 3.77. The molecule has 0 amide bonds. The summed E-state index contributed by atoms with van der Waals surface area (Å²) in [6.07, 6.45) is 1.51. The van der Waals surface area contributed by atoms with Gasteiger partial charge >= 0.3 is 0 Å². The summed E-state index contributed by atoms with van der Waals surface area (Å²) in [6.45, 7) is 0. The molecule has 0 saturated carbocycles. The number of nitrogen functional groups attached to an aromatic ring is 1. The first kappa shape index (κ1) is 13.8. The standard InChI is InChI=1S/C11H9BrFN3O2S/c12-11-10(2-1-5-15-11)16-19(17,18)7-3-4-8(13)9(14)6-7/h1-6,16H,14H2. The van der Waals surface area contributed by atoms with Gasteiger partial charge in [0, 0.05) is 6.20 Å². The summed E-state index contributed by atoms with van der Waals surface area (Å²) in [7, 11) is -3.84. The summed E-state index contributed by atoms with van der Waals surface area (Å²) in [5, 5.41) is 0. The molecule has 0 bridgehead atoms. The van der Waals surface area contributed by atoms with E-state index in [0.717, 1.165) is 18.2 Å². The Kier molecular flexibility index (Phi) is 3.72. The highest BCUT2D eigenvalue weighted by molar-refractivity contribution is 9.10. The van der Waals surface area contributed by atoms with Gasteiger partial charge in [0.25, 0.3) is 10.0 Å². The van der Waals surface area contributed by atoms with E-state index in [-0.39, 0.29) is 16.3 Å². The van der Waals surface area contributed by atoms with E-state index in [0.29, 0.717) is 4.60 Å². The van der Waals surface area contributed by atoms with Crippen LogP contribution in [0, 0.1) is 5.82 Å². The maximum absolute atomic E-state index is 13.0. The molecule has 100 valence electrons. The summed E-state index contributed by atoms with van der Waals surface area (Å²) >= 11 is 3.12. The molecule has 1 heterocycles. The van der Waals surface area contributed by atoms with Crippen LogP contribution in [0.5, 0.6) is 0 Å². The highest BCUT2D eigenvalue weighted by Gasteiger charge is 2.17. The number of nitrogens with zero attached hydrogens (tertiary/aromatic N) is 1. The number of benzene rings is 1. The first-order valence-electron chi connectivity index (χ1n) is 5.08. The van der Waals surface area contributed by atoms with E-state index in [1.54, 1.807) is 12.1 Å². The van der Waals surface area contributed by atoms with Crippen LogP contribution in [0.25, 0.3) is 0 Å². The van der Waals surface area contributed by atoms with Gasteiger partial charge in [0.05, 0.1) is 16.3 Å². The minimum atomic E-state index is -3.84. The number of nitrogens with two attached hydrogens (primary N) is 1. The molecule has 0 fully saturated rings. The largest absolute Gasteiger partial charge is 0.396 e. The number of halogens is 2. The predicted molar refractivity (Wildman–Crippen MR) is 73.6 cm³/mol. The van der Waals surface area contributed by atoms with Crippen LogP contribution in [-0.2, 0) is 10.0 Å². The summed E-state index contributed by atoms with van der Waals surface area (Å²) in [5.74, 6) is -0.665. The molecule has 19 heavy (non-hydrogen) atoms. The maximum atomic E-state index is 13.0. The molecule has 0 unspecified atom stereocenters. The first-order chi connectivity index (χ1) is 8.90. The average molecular weight is 346 g/mol. The number of sulfonamides is 1. The summed E-state index contributed by atoms with van der Waals surface area (Å²) < 4.78 is 39.9. The molecule has 0 aliphatic heterocycles. The van der Waals surface area contributed by atoms with Crippen molar-refractivity contribution in [3.63, 3.8) is 0 Å². The molecule has 0 atom stereocenters. The van der Waals surface area contributed by atoms with Gasteiger partial charge in [-0.3, -0.25) is 4.72 Å². The second-order valence-electron chi connectivity index (χ2n) is 3.63. The van der Waals surface area contributed by atoms with Gasteiger partial charge < -0.3 is 5.73 Å². The van der Waals surface area contributed by atoms with Crippen LogP contribution < -0.4 is 10.5 Å². The van der Waals surface area contributed by atoms with Crippen molar-refractivity contribution in [1.82, 2.24) is 4.98 Å². The third kappa shape index (κ3) is 3.02. The summed E-state index contributed by atoms with van der Waals surface area (Å²) in [5.41, 5.74) is 5.41. The van der Waals surface area contributed by atoms with E-state index in [4.69, 9.17) is 5.73 Å². The van der Waals surface area contributed by atoms with Gasteiger partial charge in [0.1, 0.15) is 10.4 Å². The molecule has 5 nitrogen and oxygen atoms in total. The Morgan fingerprint density at radius 2 is 2.05 bits per heavy atom. The molecule has 0 radical (unpaired) electrons. The van der Waals surface area contributed by atoms with E-state index in [9.17, 15) is 12.8 Å². The van der Waals surface area contributed by atoms with Gasteiger partial charge in [-0.25, -0.2) is 17.8 Å². The molecule has 8 heteroatoms. The molecule has 0 aliphatic carbocycles. The molecule has 3 N–H and O–H groups in total. The van der Waals surface area contributed by atoms with Crippen LogP contribution in [0.2, 0.25) is 0 Å². The van der Waals surface area contributed by atoms with E-state index in [1.165, 1.54) is 6.20 Å². The van der Waals surface area contributed by atoms with Crippen molar-refractivity contribution in [2.75, 3.05) is 10.5 Å². The van der Waals surface area contributed by atoms with E-state index in [1.807, 2.05) is 0 Å². The molecule has 0 spiro atoms. The predicted octanol–water partition coefficient (Wildman–Crippen LogP) is 2.37. The maximum Gasteiger partial charge on any atom is 0.262 e. The van der Waals surface area contributed by atoms with Crippen molar-refractivity contribution in [2.24, 2.45) is 0 Å². The topological polar surface area (TPSA) is 85.1 Å². The van der Waals surface area contributed by atoms with E-state index in [2.05, 4.69) is 25.6 Å². The molecule has 2 rings (SSSR count). The number of nitrogens with one attached hydrogen (secondary N) is 1. The van der Waals surface area contributed by atoms with Crippen molar-refractivity contribution in [2.45, 2.75) is 4.90 Å². The minimum Gasteiger partial charge on any atom is -0.396 e. The number of aromatic nitrogens is 1. The van der Waals surface area contributed by atoms with Crippen LogP contribution in [-0.4, -0.2) is 13.4 Å². The lowest BCUT2D eigenvalue weighted by Crippen LogP contribution is -2.14. The monoisotopic (exact) mass is 345 g/mol. The molecule has 1 aromatic carbocycles. The summed E-state index contributed by atoms with van der Waals surface area (Å²) in [6, 6.07) is 6.32. The van der Waals surface area contributed by atoms with Gasteiger partial charge in [-0.05, 0) is 46.3 Å². The Hall–Kier alpha value is -1.67. The van der Waals surface area contributed by atoms with Gasteiger partial charge in [0.15, 0.2) is 0 Å². The Balaban J connectivity index is 2.38. The minimum absolute atomic E-state index is 0.123. The average Bonchev–Trinajstić information content (AvgIpc) is 2.35. The third-order valence-corrected chi connectivity index (χ3v) is 4.28. The molecule has 1 aromatic heterocycles. The van der Waals surface area contributed by atoms with E-state index < -0.39 is 15.8 Å². The highest BCUT2D eigenvalue weighted by Crippen LogP contribution is 2.23. The molecular formula is C11H9BrFN3O2S. The van der Waals surface area contributed by atoms with Crippen molar-refractivity contribution in [1.29, 1.82) is 0 Å². The highest BCUT2D eigenvalue weighted by atomic mass is 79.9. The lowest BCUT2D eigenvalue weighted by molar-refractivity contribution is 0.600. The number of hydrogen-bond acceptors (Lipinski definition) is 4. The van der Waals surface area contributed by atoms with Crippen LogP contribution in [0.3, 0.4) is 0 Å². The SMILES string of the molecule is Nc1cc(S(=O)(=O)Nc2cccnc2Br)ccc1F. The second-order valence-corrected chi connectivity index (χ2v) is 6.06. The van der Waals surface area contributed by atoms with Gasteiger partial charge in [-0.2, -0.15) is 0 Å². The lowest BCUT2D eigenvalue weighted by atomic mass is 10.3.